The third-order valence-corrected chi connectivity index (χ3v) is 4.42. The van der Waals surface area contributed by atoms with Gasteiger partial charge in [0, 0.05) is 28.0 Å². The minimum absolute atomic E-state index is 0.0512. The number of nitrogens with zero attached hydrogens (tertiary/aromatic N) is 1. The highest BCUT2D eigenvalue weighted by Crippen LogP contribution is 2.19. The highest BCUT2D eigenvalue weighted by atomic mass is 79.9. The van der Waals surface area contributed by atoms with E-state index in [1.165, 1.54) is 0 Å². The standard InChI is InChI=1S/C19H19BrClN3O2/c1-12-11-16(21)7-8-17(12)22-18(25)9-10-19(26)24-23-13(2)14-3-5-15(20)6-4-14/h3-8,11H,9-10H2,1-2H3,(H,22,25)(H,24,26). The van der Waals surface area contributed by atoms with Crippen LogP contribution in [0.25, 0.3) is 0 Å². The maximum Gasteiger partial charge on any atom is 0.240 e. The quantitative estimate of drug-likeness (QED) is 0.510. The predicted molar refractivity (Wildman–Crippen MR) is 109 cm³/mol. The zero-order valence-corrected chi connectivity index (χ0v) is 16.8. The first-order valence-electron chi connectivity index (χ1n) is 8.00. The molecule has 0 aliphatic carbocycles. The number of aryl methyl sites for hydroxylation is 1. The van der Waals surface area contributed by atoms with Crippen molar-refractivity contribution in [3.63, 3.8) is 0 Å². The number of hydrogen-bond acceptors (Lipinski definition) is 3. The summed E-state index contributed by atoms with van der Waals surface area (Å²) in [4.78, 5) is 23.9. The molecule has 0 heterocycles. The highest BCUT2D eigenvalue weighted by Gasteiger charge is 2.09. The molecule has 0 aromatic heterocycles. The van der Waals surface area contributed by atoms with Gasteiger partial charge in [-0.25, -0.2) is 5.43 Å². The van der Waals surface area contributed by atoms with Crippen molar-refractivity contribution < 1.29 is 9.59 Å². The molecule has 0 unspecified atom stereocenters. The van der Waals surface area contributed by atoms with Gasteiger partial charge in [0.15, 0.2) is 0 Å². The van der Waals surface area contributed by atoms with Crippen LogP contribution in [0.5, 0.6) is 0 Å². The lowest BCUT2D eigenvalue weighted by molar-refractivity contribution is -0.124. The van der Waals surface area contributed by atoms with Crippen LogP contribution in [-0.2, 0) is 9.59 Å². The number of carbonyl (C=O) groups excluding carboxylic acids is 2. The van der Waals surface area contributed by atoms with Crippen LogP contribution in [0.4, 0.5) is 5.69 Å². The molecule has 0 radical (unpaired) electrons. The fourth-order valence-corrected chi connectivity index (χ4v) is 2.66. The second kappa shape index (κ2) is 9.50. The maximum atomic E-state index is 12.0. The Hall–Kier alpha value is -2.18. The van der Waals surface area contributed by atoms with Gasteiger partial charge >= 0.3 is 0 Å². The van der Waals surface area contributed by atoms with Gasteiger partial charge in [0.25, 0.3) is 0 Å². The number of rotatable bonds is 6. The Bertz CT molecular complexity index is 835. The van der Waals surface area contributed by atoms with E-state index in [9.17, 15) is 9.59 Å². The molecular formula is C19H19BrClN3O2. The Morgan fingerprint density at radius 3 is 2.38 bits per heavy atom. The molecule has 2 N–H and O–H groups in total. The van der Waals surface area contributed by atoms with E-state index in [4.69, 9.17) is 11.6 Å². The number of hydrazone groups is 1. The van der Waals surface area contributed by atoms with Crippen LogP contribution in [0.3, 0.4) is 0 Å². The van der Waals surface area contributed by atoms with Crippen molar-refractivity contribution in [1.29, 1.82) is 0 Å². The molecule has 0 fully saturated rings. The van der Waals surface area contributed by atoms with Crippen molar-refractivity contribution >= 4 is 50.7 Å². The Labute approximate surface area is 166 Å². The monoisotopic (exact) mass is 435 g/mol. The van der Waals surface area contributed by atoms with Gasteiger partial charge in [-0.2, -0.15) is 5.10 Å². The summed E-state index contributed by atoms with van der Waals surface area (Å²) in [5.41, 5.74) is 5.62. The van der Waals surface area contributed by atoms with Crippen LogP contribution in [0.15, 0.2) is 52.0 Å². The van der Waals surface area contributed by atoms with Crippen molar-refractivity contribution in [1.82, 2.24) is 5.43 Å². The number of hydrogen-bond donors (Lipinski definition) is 2. The minimum atomic E-state index is -0.315. The fraction of sp³-hybridized carbons (Fsp3) is 0.211. The zero-order valence-electron chi connectivity index (χ0n) is 14.5. The van der Waals surface area contributed by atoms with Gasteiger partial charge in [0.2, 0.25) is 11.8 Å². The Morgan fingerprint density at radius 2 is 1.73 bits per heavy atom. The normalized spacial score (nSPS) is 11.2. The minimum Gasteiger partial charge on any atom is -0.326 e. The summed E-state index contributed by atoms with van der Waals surface area (Å²) >= 11 is 9.26. The lowest BCUT2D eigenvalue weighted by Crippen LogP contribution is -2.22. The number of amides is 2. The average molecular weight is 437 g/mol. The van der Waals surface area contributed by atoms with Gasteiger partial charge < -0.3 is 5.32 Å². The maximum absolute atomic E-state index is 12.0. The van der Waals surface area contributed by atoms with E-state index in [1.807, 2.05) is 31.2 Å². The molecule has 2 amide bonds. The van der Waals surface area contributed by atoms with Crippen molar-refractivity contribution in [3.8, 4) is 0 Å². The number of anilines is 1. The first-order chi connectivity index (χ1) is 12.3. The predicted octanol–water partition coefficient (Wildman–Crippen LogP) is 4.67. The van der Waals surface area contributed by atoms with E-state index in [0.717, 1.165) is 15.6 Å². The molecule has 0 saturated heterocycles. The molecule has 2 rings (SSSR count). The average Bonchev–Trinajstić information content (AvgIpc) is 2.61. The van der Waals surface area contributed by atoms with E-state index in [1.54, 1.807) is 25.1 Å². The first-order valence-corrected chi connectivity index (χ1v) is 9.17. The molecule has 0 aliphatic heterocycles. The van der Waals surface area contributed by atoms with Crippen LogP contribution in [0, 0.1) is 6.92 Å². The summed E-state index contributed by atoms with van der Waals surface area (Å²) in [5, 5.41) is 7.45. The first kappa shape index (κ1) is 20.1. The number of nitrogens with one attached hydrogen (secondary N) is 2. The van der Waals surface area contributed by atoms with E-state index >= 15 is 0 Å². The fourth-order valence-electron chi connectivity index (χ4n) is 2.16. The van der Waals surface area contributed by atoms with Crippen LogP contribution in [-0.4, -0.2) is 17.5 Å². The topological polar surface area (TPSA) is 70.6 Å². The van der Waals surface area contributed by atoms with Crippen molar-refractivity contribution in [3.05, 3.63) is 63.1 Å². The molecule has 0 saturated carbocycles. The summed E-state index contributed by atoms with van der Waals surface area (Å²) < 4.78 is 0.972. The molecule has 2 aromatic rings. The Kier molecular flexibility index (Phi) is 7.36. The van der Waals surface area contributed by atoms with E-state index in [2.05, 4.69) is 31.8 Å². The van der Waals surface area contributed by atoms with E-state index < -0.39 is 0 Å². The summed E-state index contributed by atoms with van der Waals surface area (Å²) in [6, 6.07) is 12.8. The van der Waals surface area contributed by atoms with E-state index in [0.29, 0.717) is 16.4 Å². The summed E-state index contributed by atoms with van der Waals surface area (Å²) in [7, 11) is 0. The molecule has 26 heavy (non-hydrogen) atoms. The third kappa shape index (κ3) is 6.28. The summed E-state index contributed by atoms with van der Waals surface area (Å²) in [5.74, 6) is -0.552. The molecule has 5 nitrogen and oxygen atoms in total. The van der Waals surface area contributed by atoms with Gasteiger partial charge in [0.1, 0.15) is 0 Å². The zero-order chi connectivity index (χ0) is 19.1. The smallest absolute Gasteiger partial charge is 0.240 e. The Balaban J connectivity index is 1.81. The van der Waals surface area contributed by atoms with Crippen molar-refractivity contribution in [2.45, 2.75) is 26.7 Å². The molecular weight excluding hydrogens is 418 g/mol. The van der Waals surface area contributed by atoms with Gasteiger partial charge in [-0.1, -0.05) is 39.7 Å². The van der Waals surface area contributed by atoms with Gasteiger partial charge in [0.05, 0.1) is 5.71 Å². The van der Waals surface area contributed by atoms with Crippen molar-refractivity contribution in [2.24, 2.45) is 5.10 Å². The molecule has 136 valence electrons. The molecule has 0 atom stereocenters. The number of carbonyl (C=O) groups is 2. The van der Waals surface area contributed by atoms with Crippen LogP contribution < -0.4 is 10.7 Å². The lowest BCUT2D eigenvalue weighted by atomic mass is 10.1. The SMILES string of the molecule is CC(=NNC(=O)CCC(=O)Nc1ccc(Cl)cc1C)c1ccc(Br)cc1. The summed E-state index contributed by atoms with van der Waals surface area (Å²) in [6.07, 6.45) is 0.121. The molecule has 0 spiro atoms. The van der Waals surface area contributed by atoms with E-state index in [-0.39, 0.29) is 24.7 Å². The summed E-state index contributed by atoms with van der Waals surface area (Å²) in [6.45, 7) is 3.66. The van der Waals surface area contributed by atoms with Gasteiger partial charge in [-0.05, 0) is 55.3 Å². The number of halogens is 2. The van der Waals surface area contributed by atoms with Crippen molar-refractivity contribution in [2.75, 3.05) is 5.32 Å². The Morgan fingerprint density at radius 1 is 1.08 bits per heavy atom. The molecule has 0 bridgehead atoms. The second-order valence-electron chi connectivity index (χ2n) is 5.75. The lowest BCUT2D eigenvalue weighted by Gasteiger charge is -2.08. The largest absolute Gasteiger partial charge is 0.326 e. The third-order valence-electron chi connectivity index (χ3n) is 3.65. The molecule has 7 heteroatoms. The molecule has 0 aliphatic rings. The van der Waals surface area contributed by atoms with Crippen LogP contribution in [0.2, 0.25) is 5.02 Å². The van der Waals surface area contributed by atoms with Crippen LogP contribution >= 0.6 is 27.5 Å². The van der Waals surface area contributed by atoms with Crippen LogP contribution in [0.1, 0.15) is 30.9 Å². The van der Waals surface area contributed by atoms with Gasteiger partial charge in [-0.15, -0.1) is 0 Å². The highest BCUT2D eigenvalue weighted by molar-refractivity contribution is 9.10. The second-order valence-corrected chi connectivity index (χ2v) is 7.10. The molecule has 2 aromatic carbocycles. The van der Waals surface area contributed by atoms with Gasteiger partial charge in [-0.3, -0.25) is 9.59 Å². The number of benzene rings is 2.